The van der Waals surface area contributed by atoms with Gasteiger partial charge in [-0.2, -0.15) is 0 Å². The van der Waals surface area contributed by atoms with Crippen molar-refractivity contribution in [2.24, 2.45) is 5.92 Å². The van der Waals surface area contributed by atoms with E-state index >= 15 is 0 Å². The van der Waals surface area contributed by atoms with E-state index < -0.39 is 4.92 Å². The van der Waals surface area contributed by atoms with Gasteiger partial charge in [-0.05, 0) is 46.4 Å². The number of nitrogens with zero attached hydrogens (tertiary/aromatic N) is 3. The lowest BCUT2D eigenvalue weighted by atomic mass is 9.77. The van der Waals surface area contributed by atoms with E-state index in [4.69, 9.17) is 0 Å². The maximum atomic E-state index is 13.2. The number of aryl methyl sites for hydroxylation is 1. The molecule has 1 fully saturated rings. The second kappa shape index (κ2) is 7.00. The summed E-state index contributed by atoms with van der Waals surface area (Å²) in [7, 11) is 0. The summed E-state index contributed by atoms with van der Waals surface area (Å²) >= 11 is 0. The molecule has 0 aliphatic heterocycles. The van der Waals surface area contributed by atoms with E-state index in [1.165, 1.54) is 22.9 Å². The predicted molar refractivity (Wildman–Crippen MR) is 88.2 cm³/mol. The molecule has 132 valence electrons. The Kier molecular flexibility index (Phi) is 4.78. The Morgan fingerprint density at radius 1 is 1.44 bits per heavy atom. The molecule has 0 saturated heterocycles. The van der Waals surface area contributed by atoms with E-state index in [-0.39, 0.29) is 30.1 Å². The first-order chi connectivity index (χ1) is 11.9. The Morgan fingerprint density at radius 3 is 2.64 bits per heavy atom. The summed E-state index contributed by atoms with van der Waals surface area (Å²) in [5.41, 5.74) is 0.868. The number of carbonyl (C=O) groups excluding carboxylic acids is 1. The summed E-state index contributed by atoms with van der Waals surface area (Å²) in [6, 6.07) is 5.96. The molecule has 0 bridgehead atoms. The zero-order valence-electron chi connectivity index (χ0n) is 13.8. The molecule has 1 aromatic heterocycles. The van der Waals surface area contributed by atoms with E-state index in [0.29, 0.717) is 11.7 Å². The number of hydrogen-bond acceptors (Lipinski definition) is 4. The number of benzene rings is 1. The van der Waals surface area contributed by atoms with Crippen molar-refractivity contribution in [3.63, 3.8) is 0 Å². The second-order valence-corrected chi connectivity index (χ2v) is 6.32. The van der Waals surface area contributed by atoms with Gasteiger partial charge in [0.25, 0.3) is 0 Å². The van der Waals surface area contributed by atoms with E-state index in [1.807, 2.05) is 0 Å². The van der Waals surface area contributed by atoms with Crippen LogP contribution < -0.4 is 5.32 Å². The fraction of sp³-hybridized carbons (Fsp3) is 0.412. The number of amides is 1. The van der Waals surface area contributed by atoms with Crippen LogP contribution in [0.3, 0.4) is 0 Å². The summed E-state index contributed by atoms with van der Waals surface area (Å²) in [5.74, 6) is -0.115. The minimum Gasteiger partial charge on any atom is -0.358 e. The maximum Gasteiger partial charge on any atom is 0.381 e. The summed E-state index contributed by atoms with van der Waals surface area (Å²) in [6.07, 6.45) is 4.39. The van der Waals surface area contributed by atoms with Gasteiger partial charge in [-0.3, -0.25) is 9.36 Å². The minimum atomic E-state index is -0.586. The fourth-order valence-electron chi connectivity index (χ4n) is 3.03. The molecule has 1 aliphatic carbocycles. The monoisotopic (exact) mass is 346 g/mol. The molecule has 1 heterocycles. The van der Waals surface area contributed by atoms with Gasteiger partial charge in [0.1, 0.15) is 18.6 Å². The quantitative estimate of drug-likeness (QED) is 0.643. The zero-order valence-corrected chi connectivity index (χ0v) is 13.8. The molecule has 1 aliphatic rings. The van der Waals surface area contributed by atoms with Gasteiger partial charge in [-0.15, -0.1) is 0 Å². The van der Waals surface area contributed by atoms with E-state index in [2.05, 4.69) is 10.3 Å². The van der Waals surface area contributed by atoms with Crippen LogP contribution in [0.5, 0.6) is 0 Å². The molecule has 1 unspecified atom stereocenters. The number of nitrogens with one attached hydrogen (secondary N) is 1. The van der Waals surface area contributed by atoms with Gasteiger partial charge in [0.05, 0.1) is 6.04 Å². The number of halogens is 1. The van der Waals surface area contributed by atoms with Crippen molar-refractivity contribution in [2.45, 2.75) is 38.8 Å². The van der Waals surface area contributed by atoms with Gasteiger partial charge in [0.2, 0.25) is 11.7 Å². The Balaban J connectivity index is 1.72. The summed E-state index contributed by atoms with van der Waals surface area (Å²) < 4.78 is 14.6. The number of rotatable bonds is 6. The van der Waals surface area contributed by atoms with Crippen molar-refractivity contribution < 1.29 is 14.1 Å². The number of carbonyl (C=O) groups is 1. The second-order valence-electron chi connectivity index (χ2n) is 6.32. The Bertz CT molecular complexity index is 784. The molecule has 3 rings (SSSR count). The highest BCUT2D eigenvalue weighted by Crippen LogP contribution is 2.37. The lowest BCUT2D eigenvalue weighted by Gasteiger charge is -2.34. The predicted octanol–water partition coefficient (Wildman–Crippen LogP) is 2.90. The van der Waals surface area contributed by atoms with Crippen molar-refractivity contribution in [3.05, 3.63) is 57.8 Å². The van der Waals surface area contributed by atoms with Crippen LogP contribution in [0, 0.1) is 28.8 Å². The van der Waals surface area contributed by atoms with E-state index in [9.17, 15) is 19.3 Å². The molecule has 1 saturated carbocycles. The van der Waals surface area contributed by atoms with Crippen LogP contribution in [0.1, 0.15) is 36.7 Å². The molecule has 2 aromatic rings. The number of aromatic nitrogens is 2. The third-order valence-electron chi connectivity index (χ3n) is 4.63. The average molecular weight is 346 g/mol. The highest BCUT2D eigenvalue weighted by molar-refractivity contribution is 5.76. The minimum absolute atomic E-state index is 0.0446. The first kappa shape index (κ1) is 17.1. The van der Waals surface area contributed by atoms with Crippen LogP contribution in [0.4, 0.5) is 10.2 Å². The highest BCUT2D eigenvalue weighted by Gasteiger charge is 2.30. The lowest BCUT2D eigenvalue weighted by molar-refractivity contribution is -0.389. The molecule has 0 radical (unpaired) electrons. The standard InChI is InChI=1S/C17H19FN4O3/c1-11-19-15(22(24)25)9-21(11)10-16(23)20-17(12-3-2-4-12)13-5-7-14(18)8-6-13/h5-9,12,17H,2-4,10H2,1H3,(H,20,23). The van der Waals surface area contributed by atoms with Crippen LogP contribution in [0.25, 0.3) is 0 Å². The topological polar surface area (TPSA) is 90.1 Å². The van der Waals surface area contributed by atoms with Crippen LogP contribution in [0.15, 0.2) is 30.5 Å². The van der Waals surface area contributed by atoms with Crippen molar-refractivity contribution >= 4 is 11.7 Å². The van der Waals surface area contributed by atoms with Gasteiger partial charge >= 0.3 is 5.82 Å². The molecule has 0 spiro atoms. The van der Waals surface area contributed by atoms with Gasteiger partial charge < -0.3 is 15.4 Å². The van der Waals surface area contributed by atoms with Crippen LogP contribution in [-0.2, 0) is 11.3 Å². The van der Waals surface area contributed by atoms with E-state index in [1.54, 1.807) is 19.1 Å². The number of imidazole rings is 1. The molecule has 1 N–H and O–H groups in total. The number of hydrogen-bond donors (Lipinski definition) is 1. The first-order valence-corrected chi connectivity index (χ1v) is 8.17. The van der Waals surface area contributed by atoms with Crippen LogP contribution in [0.2, 0.25) is 0 Å². The summed E-state index contributed by atoms with van der Waals surface area (Å²) in [6.45, 7) is 1.57. The average Bonchev–Trinajstić information content (AvgIpc) is 2.87. The van der Waals surface area contributed by atoms with Crippen LogP contribution in [-0.4, -0.2) is 20.4 Å². The molecular weight excluding hydrogens is 327 g/mol. The third kappa shape index (κ3) is 3.84. The SMILES string of the molecule is Cc1nc([N+](=O)[O-])cn1CC(=O)NC(c1ccc(F)cc1)C1CCC1. The normalized spacial score (nSPS) is 15.4. The Labute approximate surface area is 144 Å². The third-order valence-corrected chi connectivity index (χ3v) is 4.63. The zero-order chi connectivity index (χ0) is 18.0. The van der Waals surface area contributed by atoms with Crippen molar-refractivity contribution in [2.75, 3.05) is 0 Å². The molecule has 25 heavy (non-hydrogen) atoms. The van der Waals surface area contributed by atoms with Gasteiger partial charge in [-0.1, -0.05) is 18.6 Å². The maximum absolute atomic E-state index is 13.2. The van der Waals surface area contributed by atoms with Gasteiger partial charge in [0, 0.05) is 6.92 Å². The molecule has 7 nitrogen and oxygen atoms in total. The smallest absolute Gasteiger partial charge is 0.358 e. The van der Waals surface area contributed by atoms with Crippen molar-refractivity contribution in [1.29, 1.82) is 0 Å². The molecule has 8 heteroatoms. The Morgan fingerprint density at radius 2 is 2.12 bits per heavy atom. The summed E-state index contributed by atoms with van der Waals surface area (Å²) in [5, 5.41) is 13.8. The summed E-state index contributed by atoms with van der Waals surface area (Å²) in [4.78, 5) is 26.4. The molecule has 1 aromatic carbocycles. The fourth-order valence-corrected chi connectivity index (χ4v) is 3.03. The van der Waals surface area contributed by atoms with Gasteiger partial charge in [0.15, 0.2) is 0 Å². The Hall–Kier alpha value is -2.77. The molecule has 1 amide bonds. The largest absolute Gasteiger partial charge is 0.381 e. The van der Waals surface area contributed by atoms with Crippen molar-refractivity contribution in [1.82, 2.24) is 14.9 Å². The van der Waals surface area contributed by atoms with Crippen LogP contribution >= 0.6 is 0 Å². The molecular formula is C17H19FN4O3. The van der Waals surface area contributed by atoms with E-state index in [0.717, 1.165) is 24.8 Å². The van der Waals surface area contributed by atoms with Gasteiger partial charge in [-0.25, -0.2) is 4.39 Å². The highest BCUT2D eigenvalue weighted by atomic mass is 19.1. The van der Waals surface area contributed by atoms with Crippen molar-refractivity contribution in [3.8, 4) is 0 Å². The molecule has 1 atom stereocenters. The number of nitro groups is 1. The first-order valence-electron chi connectivity index (χ1n) is 8.17. The lowest BCUT2D eigenvalue weighted by Crippen LogP contribution is -2.38.